The van der Waals surface area contributed by atoms with Gasteiger partial charge in [-0.15, -0.1) is 0 Å². The van der Waals surface area contributed by atoms with E-state index in [-0.39, 0.29) is 27.9 Å². The highest BCUT2D eigenvalue weighted by Crippen LogP contribution is 2.32. The molecule has 0 spiro atoms. The van der Waals surface area contributed by atoms with Gasteiger partial charge in [-0.1, -0.05) is 12.1 Å². The van der Waals surface area contributed by atoms with Crippen LogP contribution >= 0.6 is 0 Å². The molecular formula is C18H14O5. The Morgan fingerprint density at radius 3 is 2.83 bits per heavy atom. The molecule has 0 fully saturated rings. The van der Waals surface area contributed by atoms with Crippen LogP contribution in [0.15, 0.2) is 45.8 Å². The van der Waals surface area contributed by atoms with Crippen molar-refractivity contribution in [1.29, 1.82) is 0 Å². The van der Waals surface area contributed by atoms with Crippen molar-refractivity contribution in [2.24, 2.45) is 0 Å². The van der Waals surface area contributed by atoms with Gasteiger partial charge in [0.2, 0.25) is 5.43 Å². The summed E-state index contributed by atoms with van der Waals surface area (Å²) in [6, 6.07) is 8.05. The molecule has 0 saturated carbocycles. The van der Waals surface area contributed by atoms with Crippen LogP contribution in [0, 0.1) is 0 Å². The Labute approximate surface area is 131 Å². The molecule has 1 aromatic heterocycles. The predicted octanol–water partition coefficient (Wildman–Crippen LogP) is 3.20. The van der Waals surface area contributed by atoms with Crippen molar-refractivity contribution >= 4 is 11.0 Å². The lowest BCUT2D eigenvalue weighted by atomic mass is 10.00. The van der Waals surface area contributed by atoms with Crippen molar-refractivity contribution in [2.45, 2.75) is 12.8 Å². The molecule has 2 N–H and O–H groups in total. The summed E-state index contributed by atoms with van der Waals surface area (Å²) in [4.78, 5) is 12.7. The topological polar surface area (TPSA) is 79.9 Å². The molecule has 0 aliphatic carbocycles. The normalized spacial score (nSPS) is 13.6. The van der Waals surface area contributed by atoms with Crippen LogP contribution in [-0.4, -0.2) is 16.8 Å². The lowest BCUT2D eigenvalue weighted by molar-refractivity contribution is 0.288. The molecule has 0 unspecified atom stereocenters. The summed E-state index contributed by atoms with van der Waals surface area (Å²) in [7, 11) is 0. The molecule has 3 aromatic rings. The van der Waals surface area contributed by atoms with Gasteiger partial charge in [-0.05, 0) is 30.0 Å². The standard InChI is InChI=1S/C18H14O5/c19-12-7-14(20)17-16(8-12)23-9-13(18(17)21)11-4-3-10-2-1-5-22-15(10)6-11/h3-4,6-9,19-20H,1-2,5H2. The molecule has 1 aliphatic rings. The number of benzene rings is 2. The molecule has 0 saturated heterocycles. The number of phenols is 2. The van der Waals surface area contributed by atoms with Crippen molar-refractivity contribution < 1.29 is 19.4 Å². The summed E-state index contributed by atoms with van der Waals surface area (Å²) >= 11 is 0. The number of aryl methyl sites for hydroxylation is 1. The van der Waals surface area contributed by atoms with Gasteiger partial charge < -0.3 is 19.4 Å². The third kappa shape index (κ3) is 2.21. The molecule has 116 valence electrons. The van der Waals surface area contributed by atoms with Gasteiger partial charge in [0.05, 0.1) is 12.2 Å². The van der Waals surface area contributed by atoms with Crippen molar-refractivity contribution in [3.63, 3.8) is 0 Å². The number of hydrogen-bond acceptors (Lipinski definition) is 5. The lowest BCUT2D eigenvalue weighted by Gasteiger charge is -2.17. The van der Waals surface area contributed by atoms with Crippen LogP contribution < -0.4 is 10.2 Å². The number of ether oxygens (including phenoxy) is 1. The van der Waals surface area contributed by atoms with E-state index in [0.29, 0.717) is 17.7 Å². The van der Waals surface area contributed by atoms with Gasteiger partial charge in [-0.2, -0.15) is 0 Å². The molecule has 5 heteroatoms. The molecule has 2 heterocycles. The zero-order valence-electron chi connectivity index (χ0n) is 12.2. The first-order chi connectivity index (χ1) is 11.1. The molecule has 1 aliphatic heterocycles. The Bertz CT molecular complexity index is 971. The van der Waals surface area contributed by atoms with Crippen molar-refractivity contribution in [3.05, 3.63) is 52.4 Å². The number of rotatable bonds is 1. The third-order valence-electron chi connectivity index (χ3n) is 4.07. The molecule has 4 rings (SSSR count). The number of hydrogen-bond donors (Lipinski definition) is 2. The van der Waals surface area contributed by atoms with E-state index in [0.717, 1.165) is 30.2 Å². The predicted molar refractivity (Wildman–Crippen MR) is 85.1 cm³/mol. The fourth-order valence-electron chi connectivity index (χ4n) is 2.93. The van der Waals surface area contributed by atoms with E-state index in [1.165, 1.54) is 12.3 Å². The zero-order chi connectivity index (χ0) is 16.0. The summed E-state index contributed by atoms with van der Waals surface area (Å²) in [5.74, 6) is 0.320. The van der Waals surface area contributed by atoms with E-state index in [1.807, 2.05) is 18.2 Å². The van der Waals surface area contributed by atoms with Crippen LogP contribution in [0.1, 0.15) is 12.0 Å². The maximum absolute atomic E-state index is 12.7. The number of phenolic OH excluding ortho intramolecular Hbond substituents is 2. The molecule has 0 radical (unpaired) electrons. The molecule has 0 bridgehead atoms. The van der Waals surface area contributed by atoms with Gasteiger partial charge in [0, 0.05) is 12.1 Å². The Balaban J connectivity index is 1.93. The third-order valence-corrected chi connectivity index (χ3v) is 4.07. The van der Waals surface area contributed by atoms with Crippen molar-refractivity contribution in [1.82, 2.24) is 0 Å². The highest BCUT2D eigenvalue weighted by molar-refractivity contribution is 5.88. The molecule has 2 aromatic carbocycles. The van der Waals surface area contributed by atoms with E-state index < -0.39 is 0 Å². The van der Waals surface area contributed by atoms with Gasteiger partial charge in [0.15, 0.2) is 0 Å². The van der Waals surface area contributed by atoms with Crippen LogP contribution in [0.25, 0.3) is 22.1 Å². The highest BCUT2D eigenvalue weighted by atomic mass is 16.5. The van der Waals surface area contributed by atoms with Gasteiger partial charge >= 0.3 is 0 Å². The van der Waals surface area contributed by atoms with Crippen molar-refractivity contribution in [2.75, 3.05) is 6.61 Å². The van der Waals surface area contributed by atoms with Crippen molar-refractivity contribution in [3.8, 4) is 28.4 Å². The van der Waals surface area contributed by atoms with Gasteiger partial charge in [-0.3, -0.25) is 4.79 Å². The van der Waals surface area contributed by atoms with Gasteiger partial charge in [-0.25, -0.2) is 0 Å². The van der Waals surface area contributed by atoms with Crippen LogP contribution in [0.5, 0.6) is 17.2 Å². The summed E-state index contributed by atoms with van der Waals surface area (Å²) in [6.07, 6.45) is 3.29. The number of fused-ring (bicyclic) bond motifs is 2. The molecule has 23 heavy (non-hydrogen) atoms. The van der Waals surface area contributed by atoms with Crippen LogP contribution in [0.2, 0.25) is 0 Å². The second-order valence-corrected chi connectivity index (χ2v) is 5.59. The Kier molecular flexibility index (Phi) is 3.01. The lowest BCUT2D eigenvalue weighted by Crippen LogP contribution is -2.09. The maximum atomic E-state index is 12.7. The second-order valence-electron chi connectivity index (χ2n) is 5.59. The summed E-state index contributed by atoms with van der Waals surface area (Å²) in [5.41, 5.74) is 1.94. The highest BCUT2D eigenvalue weighted by Gasteiger charge is 2.16. The van der Waals surface area contributed by atoms with E-state index in [4.69, 9.17) is 9.15 Å². The van der Waals surface area contributed by atoms with E-state index in [9.17, 15) is 15.0 Å². The minimum atomic E-state index is -0.348. The zero-order valence-corrected chi connectivity index (χ0v) is 12.2. The van der Waals surface area contributed by atoms with E-state index in [2.05, 4.69) is 0 Å². The van der Waals surface area contributed by atoms with E-state index in [1.54, 1.807) is 0 Å². The van der Waals surface area contributed by atoms with Crippen LogP contribution in [0.4, 0.5) is 0 Å². The fourth-order valence-corrected chi connectivity index (χ4v) is 2.93. The van der Waals surface area contributed by atoms with Gasteiger partial charge in [0.25, 0.3) is 0 Å². The smallest absolute Gasteiger partial charge is 0.204 e. The largest absolute Gasteiger partial charge is 0.508 e. The summed E-state index contributed by atoms with van der Waals surface area (Å²) in [5, 5.41) is 19.5. The first kappa shape index (κ1) is 13.7. The Morgan fingerprint density at radius 1 is 1.09 bits per heavy atom. The quantitative estimate of drug-likeness (QED) is 0.721. The fraction of sp³-hybridized carbons (Fsp3) is 0.167. The monoisotopic (exact) mass is 310 g/mol. The van der Waals surface area contributed by atoms with E-state index >= 15 is 0 Å². The van der Waals surface area contributed by atoms with Crippen LogP contribution in [-0.2, 0) is 6.42 Å². The average molecular weight is 310 g/mol. The average Bonchev–Trinajstić information content (AvgIpc) is 2.54. The summed E-state index contributed by atoms with van der Waals surface area (Å²) in [6.45, 7) is 0.669. The molecule has 0 atom stereocenters. The SMILES string of the molecule is O=c1c(-c2ccc3c(c2)OCCC3)coc2cc(O)cc(O)c12. The minimum absolute atomic E-state index is 0.0546. The first-order valence-corrected chi connectivity index (χ1v) is 7.37. The second kappa shape index (κ2) is 5.05. The Hall–Kier alpha value is -2.95. The Morgan fingerprint density at radius 2 is 1.96 bits per heavy atom. The molecule has 5 nitrogen and oxygen atoms in total. The molecule has 0 amide bonds. The minimum Gasteiger partial charge on any atom is -0.508 e. The maximum Gasteiger partial charge on any atom is 0.204 e. The van der Waals surface area contributed by atoms with Gasteiger partial charge in [0.1, 0.15) is 34.5 Å². The molecular weight excluding hydrogens is 296 g/mol. The summed E-state index contributed by atoms with van der Waals surface area (Å²) < 4.78 is 11.1. The van der Waals surface area contributed by atoms with Crippen LogP contribution in [0.3, 0.4) is 0 Å². The first-order valence-electron chi connectivity index (χ1n) is 7.37. The number of aromatic hydroxyl groups is 2.